The minimum Gasteiger partial charge on any atom is -0.481 e. The van der Waals surface area contributed by atoms with Crippen molar-refractivity contribution in [1.82, 2.24) is 4.90 Å². The van der Waals surface area contributed by atoms with Crippen molar-refractivity contribution >= 4 is 17.7 Å². The third-order valence-electron chi connectivity index (χ3n) is 7.24. The monoisotopic (exact) mass is 480 g/mol. The Hall–Kier alpha value is -4.24. The van der Waals surface area contributed by atoms with Gasteiger partial charge in [0.15, 0.2) is 0 Å². The minimum atomic E-state index is -0.890. The molecule has 6 heteroatoms. The van der Waals surface area contributed by atoms with E-state index in [9.17, 15) is 14.7 Å². The van der Waals surface area contributed by atoms with Gasteiger partial charge in [-0.15, -0.1) is 6.42 Å². The van der Waals surface area contributed by atoms with Gasteiger partial charge in [-0.2, -0.15) is 0 Å². The molecular formula is C30H28N2O4. The summed E-state index contributed by atoms with van der Waals surface area (Å²) in [6.45, 7) is 4.42. The van der Waals surface area contributed by atoms with Crippen LogP contribution in [0.3, 0.4) is 0 Å². The summed E-state index contributed by atoms with van der Waals surface area (Å²) in [5.41, 5.74) is 7.91. The normalized spacial score (nSPS) is 14.7. The number of hydrogen-bond acceptors (Lipinski definition) is 4. The topological polar surface area (TPSA) is 70.1 Å². The van der Waals surface area contributed by atoms with Crippen molar-refractivity contribution in [3.63, 3.8) is 0 Å². The van der Waals surface area contributed by atoms with E-state index >= 15 is 0 Å². The van der Waals surface area contributed by atoms with Gasteiger partial charge in [-0.3, -0.25) is 4.79 Å². The Morgan fingerprint density at radius 2 is 1.61 bits per heavy atom. The minimum absolute atomic E-state index is 0.0324. The van der Waals surface area contributed by atoms with Crippen molar-refractivity contribution in [1.29, 1.82) is 0 Å². The summed E-state index contributed by atoms with van der Waals surface area (Å²) in [7, 11) is 0. The summed E-state index contributed by atoms with van der Waals surface area (Å²) in [5.74, 6) is 1.81. The van der Waals surface area contributed by atoms with E-state index in [1.807, 2.05) is 43.3 Å². The summed E-state index contributed by atoms with van der Waals surface area (Å²) >= 11 is 0. The molecule has 1 heterocycles. The molecule has 0 radical (unpaired) electrons. The van der Waals surface area contributed by atoms with Gasteiger partial charge in [0.25, 0.3) is 0 Å². The molecule has 3 aromatic rings. The number of carbonyl (C=O) groups excluding carboxylic acids is 1. The van der Waals surface area contributed by atoms with Crippen molar-refractivity contribution in [2.75, 3.05) is 37.7 Å². The number of aliphatic carboxylic acids is 1. The Morgan fingerprint density at radius 3 is 2.19 bits per heavy atom. The number of terminal acetylenes is 1. The van der Waals surface area contributed by atoms with Crippen LogP contribution in [0.5, 0.6) is 0 Å². The zero-order valence-corrected chi connectivity index (χ0v) is 20.2. The zero-order chi connectivity index (χ0) is 25.2. The van der Waals surface area contributed by atoms with Crippen molar-refractivity contribution < 1.29 is 19.4 Å². The Bertz CT molecular complexity index is 1320. The van der Waals surface area contributed by atoms with Crippen molar-refractivity contribution in [2.45, 2.75) is 19.3 Å². The highest BCUT2D eigenvalue weighted by Crippen LogP contribution is 2.44. The van der Waals surface area contributed by atoms with Crippen LogP contribution in [-0.4, -0.2) is 54.9 Å². The lowest BCUT2D eigenvalue weighted by Crippen LogP contribution is -2.49. The van der Waals surface area contributed by atoms with Crippen LogP contribution in [0, 0.1) is 19.3 Å². The summed E-state index contributed by atoms with van der Waals surface area (Å²) in [6.07, 6.45) is 5.29. The van der Waals surface area contributed by atoms with Gasteiger partial charge in [-0.05, 0) is 52.4 Å². The first-order chi connectivity index (χ1) is 17.5. The first kappa shape index (κ1) is 23.5. The van der Waals surface area contributed by atoms with E-state index < -0.39 is 5.97 Å². The molecule has 6 nitrogen and oxygen atoms in total. The largest absolute Gasteiger partial charge is 0.481 e. The summed E-state index contributed by atoms with van der Waals surface area (Å²) in [6, 6.07) is 20.4. The maximum Gasteiger partial charge on any atom is 0.409 e. The lowest BCUT2D eigenvalue weighted by Gasteiger charge is -2.36. The Labute approximate surface area is 211 Å². The predicted molar refractivity (Wildman–Crippen MR) is 139 cm³/mol. The summed E-state index contributed by atoms with van der Waals surface area (Å²) < 4.78 is 5.81. The van der Waals surface area contributed by atoms with Crippen molar-refractivity contribution in [3.05, 3.63) is 88.5 Å². The standard InChI is InChI=1S/C30H28N2O4/c1-3-21-16-23(17-22(20(21)2)18-29(33)34)31-12-14-32(15-13-31)30(35)36-19-28-26-10-6-4-8-24(26)25-9-5-7-11-27(25)28/h1,4-11,16-17,28H,12-15,18-19H2,2H3,(H,33,34). The van der Waals surface area contributed by atoms with Gasteiger partial charge in [0, 0.05) is 43.3 Å². The van der Waals surface area contributed by atoms with Gasteiger partial charge in [-0.1, -0.05) is 54.5 Å². The van der Waals surface area contributed by atoms with Crippen molar-refractivity contribution in [2.24, 2.45) is 0 Å². The predicted octanol–water partition coefficient (Wildman–Crippen LogP) is 4.67. The fraction of sp³-hybridized carbons (Fsp3) is 0.267. The van der Waals surface area contributed by atoms with Gasteiger partial charge >= 0.3 is 12.1 Å². The third kappa shape index (κ3) is 4.40. The molecule has 0 aromatic heterocycles. The second-order valence-corrected chi connectivity index (χ2v) is 9.27. The van der Waals surface area contributed by atoms with E-state index in [2.05, 4.69) is 35.1 Å². The molecule has 2 aliphatic rings. The molecular weight excluding hydrogens is 452 g/mol. The number of piperazine rings is 1. The Balaban J connectivity index is 1.23. The molecule has 1 aliphatic heterocycles. The number of hydrogen-bond donors (Lipinski definition) is 1. The van der Waals surface area contributed by atoms with Crippen LogP contribution in [0.25, 0.3) is 11.1 Å². The van der Waals surface area contributed by atoms with E-state index in [1.54, 1.807) is 4.90 Å². The molecule has 0 atom stereocenters. The zero-order valence-electron chi connectivity index (χ0n) is 20.2. The molecule has 0 spiro atoms. The number of nitrogens with zero attached hydrogens (tertiary/aromatic N) is 2. The number of carboxylic acid groups (broad SMARTS) is 1. The van der Waals surface area contributed by atoms with Crippen LogP contribution < -0.4 is 4.90 Å². The van der Waals surface area contributed by atoms with Gasteiger partial charge in [0.1, 0.15) is 6.61 Å². The number of benzene rings is 3. The van der Waals surface area contributed by atoms with Gasteiger partial charge in [0.05, 0.1) is 6.42 Å². The fourth-order valence-corrected chi connectivity index (χ4v) is 5.27. The number of amides is 1. The molecule has 5 rings (SSSR count). The summed E-state index contributed by atoms with van der Waals surface area (Å²) in [5, 5.41) is 9.27. The maximum absolute atomic E-state index is 12.9. The molecule has 0 saturated carbocycles. The second-order valence-electron chi connectivity index (χ2n) is 9.27. The lowest BCUT2D eigenvalue weighted by atomic mass is 9.98. The first-order valence-electron chi connectivity index (χ1n) is 12.1. The third-order valence-corrected chi connectivity index (χ3v) is 7.24. The van der Waals surface area contributed by atoms with E-state index in [0.29, 0.717) is 43.9 Å². The Kier molecular flexibility index (Phi) is 6.39. The van der Waals surface area contributed by atoms with Crippen LogP contribution in [0.1, 0.15) is 33.7 Å². The molecule has 1 fully saturated rings. The van der Waals surface area contributed by atoms with Crippen LogP contribution in [0.15, 0.2) is 60.7 Å². The number of ether oxygens (including phenoxy) is 1. The molecule has 36 heavy (non-hydrogen) atoms. The SMILES string of the molecule is C#Cc1cc(N2CCN(C(=O)OCC3c4ccccc4-c4ccccc43)CC2)cc(CC(=O)O)c1C. The highest BCUT2D eigenvalue weighted by molar-refractivity contribution is 5.79. The molecule has 1 aliphatic carbocycles. The average molecular weight is 481 g/mol. The van der Waals surface area contributed by atoms with Crippen molar-refractivity contribution in [3.8, 4) is 23.5 Å². The van der Waals surface area contributed by atoms with Crippen LogP contribution in [-0.2, 0) is 16.0 Å². The molecule has 0 bridgehead atoms. The smallest absolute Gasteiger partial charge is 0.409 e. The van der Waals surface area contributed by atoms with E-state index in [-0.39, 0.29) is 18.4 Å². The molecule has 0 unspecified atom stereocenters. The quantitative estimate of drug-likeness (QED) is 0.538. The maximum atomic E-state index is 12.9. The molecule has 1 N–H and O–H groups in total. The molecule has 1 saturated heterocycles. The number of rotatable bonds is 5. The average Bonchev–Trinajstić information content (AvgIpc) is 3.22. The molecule has 3 aromatic carbocycles. The highest BCUT2D eigenvalue weighted by atomic mass is 16.6. The molecule has 182 valence electrons. The number of anilines is 1. The fourth-order valence-electron chi connectivity index (χ4n) is 5.27. The van der Waals surface area contributed by atoms with Crippen LogP contribution in [0.4, 0.5) is 10.5 Å². The molecule has 1 amide bonds. The summed E-state index contributed by atoms with van der Waals surface area (Å²) in [4.78, 5) is 28.1. The van der Waals surface area contributed by atoms with Crippen LogP contribution in [0.2, 0.25) is 0 Å². The van der Waals surface area contributed by atoms with Gasteiger partial charge in [0.2, 0.25) is 0 Å². The highest BCUT2D eigenvalue weighted by Gasteiger charge is 2.30. The number of carbonyl (C=O) groups is 2. The van der Waals surface area contributed by atoms with E-state index in [0.717, 1.165) is 11.3 Å². The Morgan fingerprint density at radius 1 is 1.00 bits per heavy atom. The van der Waals surface area contributed by atoms with Gasteiger partial charge in [-0.25, -0.2) is 4.79 Å². The first-order valence-corrected chi connectivity index (χ1v) is 12.1. The van der Waals surface area contributed by atoms with Crippen LogP contribution >= 0.6 is 0 Å². The lowest BCUT2D eigenvalue weighted by molar-refractivity contribution is -0.136. The van der Waals surface area contributed by atoms with Gasteiger partial charge < -0.3 is 19.6 Å². The number of fused-ring (bicyclic) bond motifs is 3. The number of carboxylic acids is 1. The van der Waals surface area contributed by atoms with E-state index in [1.165, 1.54) is 22.3 Å². The van der Waals surface area contributed by atoms with E-state index in [4.69, 9.17) is 11.2 Å². The second kappa shape index (κ2) is 9.79.